The number of nitrogens with zero attached hydrogens (tertiary/aromatic N) is 1. The first-order chi connectivity index (χ1) is 7.25. The highest BCUT2D eigenvalue weighted by molar-refractivity contribution is 5.58. The smallest absolute Gasteiger partial charge is 0.123 e. The van der Waals surface area contributed by atoms with Gasteiger partial charge < -0.3 is 10.6 Å². The van der Waals surface area contributed by atoms with Crippen molar-refractivity contribution in [2.75, 3.05) is 4.90 Å². The van der Waals surface area contributed by atoms with Gasteiger partial charge in [0, 0.05) is 11.7 Å². The lowest BCUT2D eigenvalue weighted by atomic mass is 9.96. The molecular formula is C12H15FN2. The average molecular weight is 206 g/mol. The molecule has 1 aromatic rings. The number of benzene rings is 1. The van der Waals surface area contributed by atoms with Crippen molar-refractivity contribution in [3.63, 3.8) is 0 Å². The molecule has 2 N–H and O–H groups in total. The molecule has 80 valence electrons. The van der Waals surface area contributed by atoms with E-state index in [1.807, 2.05) is 6.07 Å². The van der Waals surface area contributed by atoms with E-state index >= 15 is 0 Å². The van der Waals surface area contributed by atoms with Crippen molar-refractivity contribution in [1.82, 2.24) is 0 Å². The summed E-state index contributed by atoms with van der Waals surface area (Å²) in [6.07, 6.45) is 4.46. The molecule has 1 aromatic carbocycles. The number of hydrogen-bond donors (Lipinski definition) is 1. The van der Waals surface area contributed by atoms with E-state index in [4.69, 9.17) is 5.73 Å². The summed E-state index contributed by atoms with van der Waals surface area (Å²) in [6, 6.07) is 5.64. The molecule has 2 nitrogen and oxygen atoms in total. The Morgan fingerprint density at radius 3 is 3.00 bits per heavy atom. The predicted molar refractivity (Wildman–Crippen MR) is 58.2 cm³/mol. The highest BCUT2D eigenvalue weighted by Gasteiger charge is 2.35. The molecule has 1 fully saturated rings. The van der Waals surface area contributed by atoms with Crippen LogP contribution in [-0.2, 0) is 6.42 Å². The minimum atomic E-state index is -0.139. The van der Waals surface area contributed by atoms with Gasteiger partial charge in [0.05, 0.1) is 6.17 Å². The molecule has 0 amide bonds. The maximum atomic E-state index is 13.1. The molecule has 3 heteroatoms. The largest absolute Gasteiger partial charge is 0.353 e. The summed E-state index contributed by atoms with van der Waals surface area (Å²) >= 11 is 0. The summed E-state index contributed by atoms with van der Waals surface area (Å²) in [4.78, 5) is 2.28. The van der Waals surface area contributed by atoms with Crippen molar-refractivity contribution < 1.29 is 4.39 Å². The van der Waals surface area contributed by atoms with Gasteiger partial charge in [-0.3, -0.25) is 0 Å². The second-order valence-corrected chi connectivity index (χ2v) is 4.52. The Hall–Kier alpha value is -1.09. The normalized spacial score (nSPS) is 28.8. The van der Waals surface area contributed by atoms with Gasteiger partial charge in [-0.1, -0.05) is 0 Å². The molecule has 3 rings (SSSR count). The van der Waals surface area contributed by atoms with Gasteiger partial charge >= 0.3 is 0 Å². The van der Waals surface area contributed by atoms with Gasteiger partial charge in [-0.05, 0) is 49.4 Å². The Labute approximate surface area is 88.9 Å². The molecule has 2 heterocycles. The van der Waals surface area contributed by atoms with Crippen LogP contribution >= 0.6 is 0 Å². The molecule has 0 aliphatic carbocycles. The molecule has 2 atom stereocenters. The highest BCUT2D eigenvalue weighted by atomic mass is 19.1. The number of anilines is 1. The standard InChI is InChI=1S/C12H15FN2/c13-9-2-5-11-8(7-9)1-3-10-4-6-12(14)15(10)11/h2,5,7,10,12H,1,3-4,6,14H2. The van der Waals surface area contributed by atoms with E-state index in [1.54, 1.807) is 6.07 Å². The molecule has 0 saturated carbocycles. The summed E-state index contributed by atoms with van der Waals surface area (Å²) in [5.41, 5.74) is 8.34. The molecule has 1 saturated heterocycles. The van der Waals surface area contributed by atoms with Crippen LogP contribution in [0.1, 0.15) is 24.8 Å². The molecule has 15 heavy (non-hydrogen) atoms. The summed E-state index contributed by atoms with van der Waals surface area (Å²) < 4.78 is 13.1. The first kappa shape index (κ1) is 9.16. The Kier molecular flexibility index (Phi) is 1.96. The van der Waals surface area contributed by atoms with E-state index < -0.39 is 0 Å². The second-order valence-electron chi connectivity index (χ2n) is 4.52. The molecule has 2 unspecified atom stereocenters. The van der Waals surface area contributed by atoms with E-state index in [0.29, 0.717) is 6.04 Å². The topological polar surface area (TPSA) is 29.3 Å². The maximum Gasteiger partial charge on any atom is 0.123 e. The van der Waals surface area contributed by atoms with Crippen molar-refractivity contribution in [2.24, 2.45) is 5.73 Å². The van der Waals surface area contributed by atoms with Crippen LogP contribution in [0.2, 0.25) is 0 Å². The van der Waals surface area contributed by atoms with Gasteiger partial charge in [0.1, 0.15) is 5.82 Å². The quantitative estimate of drug-likeness (QED) is 0.703. The van der Waals surface area contributed by atoms with E-state index in [0.717, 1.165) is 30.5 Å². The van der Waals surface area contributed by atoms with E-state index in [9.17, 15) is 4.39 Å². The lowest BCUT2D eigenvalue weighted by Gasteiger charge is -2.36. The Balaban J connectivity index is 2.06. The zero-order valence-corrected chi connectivity index (χ0v) is 8.62. The fourth-order valence-electron chi connectivity index (χ4n) is 2.90. The van der Waals surface area contributed by atoms with Crippen LogP contribution in [-0.4, -0.2) is 12.2 Å². The van der Waals surface area contributed by atoms with Crippen LogP contribution < -0.4 is 10.6 Å². The van der Waals surface area contributed by atoms with Crippen LogP contribution in [0.4, 0.5) is 10.1 Å². The van der Waals surface area contributed by atoms with Crippen molar-refractivity contribution >= 4 is 5.69 Å². The van der Waals surface area contributed by atoms with Gasteiger partial charge in [-0.2, -0.15) is 0 Å². The van der Waals surface area contributed by atoms with E-state index in [2.05, 4.69) is 4.90 Å². The van der Waals surface area contributed by atoms with E-state index in [-0.39, 0.29) is 12.0 Å². The number of nitrogens with two attached hydrogens (primary N) is 1. The number of aryl methyl sites for hydroxylation is 1. The number of hydrogen-bond acceptors (Lipinski definition) is 2. The minimum Gasteiger partial charge on any atom is -0.353 e. The zero-order valence-electron chi connectivity index (χ0n) is 8.62. The predicted octanol–water partition coefficient (Wildman–Crippen LogP) is 2.03. The van der Waals surface area contributed by atoms with Crippen molar-refractivity contribution in [3.8, 4) is 0 Å². The van der Waals surface area contributed by atoms with Crippen LogP contribution in [0.15, 0.2) is 18.2 Å². The Morgan fingerprint density at radius 2 is 2.13 bits per heavy atom. The number of rotatable bonds is 0. The third-order valence-corrected chi connectivity index (χ3v) is 3.61. The van der Waals surface area contributed by atoms with Crippen LogP contribution in [0.5, 0.6) is 0 Å². The molecule has 0 radical (unpaired) electrons. The molecule has 0 bridgehead atoms. The highest BCUT2D eigenvalue weighted by Crippen LogP contribution is 2.38. The molecule has 0 spiro atoms. The lowest BCUT2D eigenvalue weighted by molar-refractivity contribution is 0.558. The van der Waals surface area contributed by atoms with Gasteiger partial charge in [0.25, 0.3) is 0 Å². The average Bonchev–Trinajstić information content (AvgIpc) is 2.60. The Bertz CT molecular complexity index is 391. The number of fused-ring (bicyclic) bond motifs is 3. The van der Waals surface area contributed by atoms with Gasteiger partial charge in [-0.25, -0.2) is 4.39 Å². The third kappa shape index (κ3) is 1.34. The molecule has 0 aromatic heterocycles. The van der Waals surface area contributed by atoms with Crippen LogP contribution in [0.25, 0.3) is 0 Å². The third-order valence-electron chi connectivity index (χ3n) is 3.61. The van der Waals surface area contributed by atoms with Crippen LogP contribution in [0.3, 0.4) is 0 Å². The summed E-state index contributed by atoms with van der Waals surface area (Å²) in [5, 5.41) is 0. The maximum absolute atomic E-state index is 13.1. The van der Waals surface area contributed by atoms with Crippen molar-refractivity contribution in [3.05, 3.63) is 29.6 Å². The molecule has 2 aliphatic heterocycles. The second kappa shape index (κ2) is 3.20. The zero-order chi connectivity index (χ0) is 10.4. The SMILES string of the molecule is NC1CCC2CCc3cc(F)ccc3N12. The van der Waals surface area contributed by atoms with Gasteiger partial charge in [-0.15, -0.1) is 0 Å². The lowest BCUT2D eigenvalue weighted by Crippen LogP contribution is -2.44. The first-order valence-corrected chi connectivity index (χ1v) is 5.58. The monoisotopic (exact) mass is 206 g/mol. The van der Waals surface area contributed by atoms with E-state index in [1.165, 1.54) is 12.5 Å². The Morgan fingerprint density at radius 1 is 1.27 bits per heavy atom. The summed E-state index contributed by atoms with van der Waals surface area (Å²) in [6.45, 7) is 0. The molecule has 2 aliphatic rings. The summed E-state index contributed by atoms with van der Waals surface area (Å²) in [5.74, 6) is -0.139. The van der Waals surface area contributed by atoms with Crippen molar-refractivity contribution in [1.29, 1.82) is 0 Å². The molecular weight excluding hydrogens is 191 g/mol. The van der Waals surface area contributed by atoms with Crippen molar-refractivity contribution in [2.45, 2.75) is 37.9 Å². The summed E-state index contributed by atoms with van der Waals surface area (Å²) in [7, 11) is 0. The fraction of sp³-hybridized carbons (Fsp3) is 0.500. The van der Waals surface area contributed by atoms with Gasteiger partial charge in [0.2, 0.25) is 0 Å². The first-order valence-electron chi connectivity index (χ1n) is 5.58. The number of halogens is 1. The minimum absolute atomic E-state index is 0.125. The van der Waals surface area contributed by atoms with Gasteiger partial charge in [0.15, 0.2) is 0 Å². The van der Waals surface area contributed by atoms with Crippen LogP contribution in [0, 0.1) is 5.82 Å². The fourth-order valence-corrected chi connectivity index (χ4v) is 2.90.